The summed E-state index contributed by atoms with van der Waals surface area (Å²) < 4.78 is 0. The van der Waals surface area contributed by atoms with Gasteiger partial charge in [-0.15, -0.1) is 0 Å². The van der Waals surface area contributed by atoms with Crippen molar-refractivity contribution in [3.05, 3.63) is 36.3 Å². The Bertz CT molecular complexity index is 448. The van der Waals surface area contributed by atoms with Crippen LogP contribution in [0.2, 0.25) is 0 Å². The van der Waals surface area contributed by atoms with E-state index in [4.69, 9.17) is 0 Å². The first-order valence-electron chi connectivity index (χ1n) is 5.24. The van der Waals surface area contributed by atoms with Crippen LogP contribution in [0.1, 0.15) is 31.3 Å². The van der Waals surface area contributed by atoms with E-state index in [1.165, 1.54) is 6.92 Å². The third-order valence-corrected chi connectivity index (χ3v) is 1.93. The molecule has 0 unspecified atom stereocenters. The van der Waals surface area contributed by atoms with Crippen molar-refractivity contribution in [2.45, 2.75) is 20.8 Å². The van der Waals surface area contributed by atoms with Gasteiger partial charge in [-0.2, -0.15) is 5.10 Å². The highest BCUT2D eigenvalue weighted by Gasteiger charge is 2.05. The van der Waals surface area contributed by atoms with Crippen molar-refractivity contribution in [1.29, 1.82) is 0 Å². The molecule has 2 aromatic rings. The number of aromatic nitrogens is 3. The predicted molar refractivity (Wildman–Crippen MR) is 63.2 cm³/mol. The molecule has 0 spiro atoms. The number of H-pyrrole nitrogens is 1. The van der Waals surface area contributed by atoms with Crippen molar-refractivity contribution in [1.82, 2.24) is 15.2 Å². The Labute approximate surface area is 94.7 Å². The average molecular weight is 217 g/mol. The molecule has 2 heterocycles. The smallest absolute Gasteiger partial charge is 0.177 e. The number of hydrogen-bond acceptors (Lipinski definition) is 3. The molecule has 2 aromatic heterocycles. The monoisotopic (exact) mass is 217 g/mol. The lowest BCUT2D eigenvalue weighted by Crippen LogP contribution is -1.90. The SMILES string of the molecule is CC.CC(=O)c1cc(-c2ccncc2)n[nH]1. The Kier molecular flexibility index (Phi) is 4.39. The van der Waals surface area contributed by atoms with Crippen LogP contribution >= 0.6 is 0 Å². The van der Waals surface area contributed by atoms with E-state index >= 15 is 0 Å². The number of rotatable bonds is 2. The topological polar surface area (TPSA) is 58.6 Å². The molecule has 0 saturated heterocycles. The molecule has 0 atom stereocenters. The van der Waals surface area contributed by atoms with Gasteiger partial charge in [0, 0.05) is 24.9 Å². The van der Waals surface area contributed by atoms with Crippen LogP contribution in [0.5, 0.6) is 0 Å². The molecule has 2 rings (SSSR count). The van der Waals surface area contributed by atoms with Crippen LogP contribution in [0.15, 0.2) is 30.6 Å². The molecule has 0 radical (unpaired) electrons. The second-order valence-electron chi connectivity index (χ2n) is 2.96. The van der Waals surface area contributed by atoms with Gasteiger partial charge in [-0.05, 0) is 18.2 Å². The number of ketones is 1. The molecule has 84 valence electrons. The molecule has 0 aliphatic carbocycles. The van der Waals surface area contributed by atoms with Crippen LogP contribution in [0, 0.1) is 0 Å². The van der Waals surface area contributed by atoms with Gasteiger partial charge in [0.15, 0.2) is 5.78 Å². The van der Waals surface area contributed by atoms with Gasteiger partial charge in [0.2, 0.25) is 0 Å². The van der Waals surface area contributed by atoms with Crippen molar-refractivity contribution in [3.63, 3.8) is 0 Å². The first kappa shape index (κ1) is 12.1. The summed E-state index contributed by atoms with van der Waals surface area (Å²) in [5.74, 6) is -0.0159. The zero-order valence-electron chi connectivity index (χ0n) is 9.69. The minimum atomic E-state index is -0.0159. The van der Waals surface area contributed by atoms with Gasteiger partial charge >= 0.3 is 0 Å². The molecule has 0 aliphatic rings. The molecule has 4 nitrogen and oxygen atoms in total. The lowest BCUT2D eigenvalue weighted by molar-refractivity contribution is 0.101. The van der Waals surface area contributed by atoms with Crippen LogP contribution in [0.25, 0.3) is 11.3 Å². The Balaban J connectivity index is 0.000000606. The molecule has 0 saturated carbocycles. The lowest BCUT2D eigenvalue weighted by Gasteiger charge is -1.91. The quantitative estimate of drug-likeness (QED) is 0.787. The molecule has 0 aliphatic heterocycles. The maximum atomic E-state index is 11.0. The minimum Gasteiger partial charge on any atom is -0.293 e. The number of Topliss-reactive ketones (excluding diaryl/α,β-unsaturated/α-hetero) is 1. The van der Waals surface area contributed by atoms with E-state index in [2.05, 4.69) is 15.2 Å². The number of nitrogens with zero attached hydrogens (tertiary/aromatic N) is 2. The number of aromatic amines is 1. The highest BCUT2D eigenvalue weighted by atomic mass is 16.1. The van der Waals surface area contributed by atoms with E-state index in [9.17, 15) is 4.79 Å². The summed E-state index contributed by atoms with van der Waals surface area (Å²) in [7, 11) is 0. The minimum absolute atomic E-state index is 0.0159. The lowest BCUT2D eigenvalue weighted by atomic mass is 10.2. The molecule has 4 heteroatoms. The fourth-order valence-corrected chi connectivity index (χ4v) is 1.17. The highest BCUT2D eigenvalue weighted by molar-refractivity contribution is 5.93. The molecular weight excluding hydrogens is 202 g/mol. The van der Waals surface area contributed by atoms with E-state index in [0.29, 0.717) is 5.69 Å². The van der Waals surface area contributed by atoms with Gasteiger partial charge in [0.1, 0.15) is 5.69 Å². The summed E-state index contributed by atoms with van der Waals surface area (Å²) in [5, 5.41) is 6.72. The zero-order valence-corrected chi connectivity index (χ0v) is 9.69. The summed E-state index contributed by atoms with van der Waals surface area (Å²) in [6.07, 6.45) is 3.38. The van der Waals surface area contributed by atoms with Crippen molar-refractivity contribution >= 4 is 5.78 Å². The maximum absolute atomic E-state index is 11.0. The third kappa shape index (κ3) is 2.76. The normalized spacial score (nSPS) is 9.19. The van der Waals surface area contributed by atoms with Gasteiger partial charge in [-0.3, -0.25) is 14.9 Å². The predicted octanol–water partition coefficient (Wildman–Crippen LogP) is 2.70. The van der Waals surface area contributed by atoms with Crippen molar-refractivity contribution in [3.8, 4) is 11.3 Å². The summed E-state index contributed by atoms with van der Waals surface area (Å²) in [5.41, 5.74) is 2.23. The van der Waals surface area contributed by atoms with Gasteiger partial charge in [0.05, 0.1) is 5.69 Å². The Morgan fingerprint density at radius 1 is 1.25 bits per heavy atom. The van der Waals surface area contributed by atoms with Gasteiger partial charge < -0.3 is 0 Å². The number of carbonyl (C=O) groups excluding carboxylic acids is 1. The standard InChI is InChI=1S/C10H9N3O.C2H6/c1-7(14)9-6-10(13-12-9)8-2-4-11-5-3-8;1-2/h2-6H,1H3,(H,12,13);1-2H3. The number of pyridine rings is 1. The van der Waals surface area contributed by atoms with Crippen LogP contribution in [-0.4, -0.2) is 21.0 Å². The number of nitrogens with one attached hydrogen (secondary N) is 1. The molecule has 0 bridgehead atoms. The summed E-state index contributed by atoms with van der Waals surface area (Å²) in [6, 6.07) is 5.43. The second-order valence-corrected chi connectivity index (χ2v) is 2.96. The summed E-state index contributed by atoms with van der Waals surface area (Å²) in [4.78, 5) is 14.9. The Hall–Kier alpha value is -1.97. The van der Waals surface area contributed by atoms with Crippen molar-refractivity contribution in [2.24, 2.45) is 0 Å². The first-order chi connectivity index (χ1) is 7.77. The van der Waals surface area contributed by atoms with Crippen LogP contribution in [0.3, 0.4) is 0 Å². The van der Waals surface area contributed by atoms with E-state index in [-0.39, 0.29) is 5.78 Å². The fourth-order valence-electron chi connectivity index (χ4n) is 1.17. The Morgan fingerprint density at radius 2 is 1.88 bits per heavy atom. The fraction of sp³-hybridized carbons (Fsp3) is 0.250. The van der Waals surface area contributed by atoms with E-state index in [1.807, 2.05) is 26.0 Å². The van der Waals surface area contributed by atoms with Gasteiger partial charge in [0.25, 0.3) is 0 Å². The second kappa shape index (κ2) is 5.80. The maximum Gasteiger partial charge on any atom is 0.177 e. The van der Waals surface area contributed by atoms with Crippen LogP contribution in [0.4, 0.5) is 0 Å². The largest absolute Gasteiger partial charge is 0.293 e. The number of hydrogen-bond donors (Lipinski definition) is 1. The van der Waals surface area contributed by atoms with Gasteiger partial charge in [-0.25, -0.2) is 0 Å². The average Bonchev–Trinajstić information content (AvgIpc) is 2.82. The first-order valence-corrected chi connectivity index (χ1v) is 5.24. The third-order valence-electron chi connectivity index (χ3n) is 1.93. The molecule has 0 fully saturated rings. The van der Waals surface area contributed by atoms with Gasteiger partial charge in [-0.1, -0.05) is 13.8 Å². The Morgan fingerprint density at radius 3 is 2.38 bits per heavy atom. The highest BCUT2D eigenvalue weighted by Crippen LogP contribution is 2.15. The number of carbonyl (C=O) groups is 1. The van der Waals surface area contributed by atoms with Crippen molar-refractivity contribution in [2.75, 3.05) is 0 Å². The molecule has 16 heavy (non-hydrogen) atoms. The van der Waals surface area contributed by atoms with Crippen LogP contribution in [-0.2, 0) is 0 Å². The molecular formula is C12H15N3O. The summed E-state index contributed by atoms with van der Waals surface area (Å²) >= 11 is 0. The van der Waals surface area contributed by atoms with Crippen LogP contribution < -0.4 is 0 Å². The zero-order chi connectivity index (χ0) is 12.0. The van der Waals surface area contributed by atoms with E-state index in [1.54, 1.807) is 18.5 Å². The summed E-state index contributed by atoms with van der Waals surface area (Å²) in [6.45, 7) is 5.50. The van der Waals surface area contributed by atoms with E-state index < -0.39 is 0 Å². The molecule has 0 aromatic carbocycles. The molecule has 1 N–H and O–H groups in total. The van der Waals surface area contributed by atoms with E-state index in [0.717, 1.165) is 11.3 Å². The molecule has 0 amide bonds. The van der Waals surface area contributed by atoms with Crippen molar-refractivity contribution < 1.29 is 4.79 Å².